The number of nitrogen functional groups attached to an aromatic ring is 1. The molecular formula is C25H26N6O2. The molecule has 0 fully saturated rings. The number of nitrogens with zero attached hydrogens (tertiary/aromatic N) is 2. The van der Waals surface area contributed by atoms with Crippen LogP contribution in [0.15, 0.2) is 48.8 Å². The molecule has 3 heterocycles. The Morgan fingerprint density at radius 3 is 2.61 bits per heavy atom. The van der Waals surface area contributed by atoms with Crippen molar-refractivity contribution in [3.8, 4) is 11.5 Å². The average Bonchev–Trinajstić information content (AvgIpc) is 3.40. The number of hydrogen-bond donors (Lipinski definition) is 4. The van der Waals surface area contributed by atoms with Crippen LogP contribution in [0.4, 0.5) is 17.5 Å². The molecule has 3 aromatic heterocycles. The molecule has 0 bridgehead atoms. The molecule has 2 aromatic carbocycles. The lowest BCUT2D eigenvalue weighted by atomic mass is 10.0. The Morgan fingerprint density at radius 2 is 1.79 bits per heavy atom. The van der Waals surface area contributed by atoms with E-state index in [2.05, 4.69) is 43.5 Å². The maximum Gasteiger partial charge on any atom is 0.221 e. The first kappa shape index (κ1) is 20.7. The maximum atomic E-state index is 5.91. The van der Waals surface area contributed by atoms with Gasteiger partial charge in [0.05, 0.1) is 19.7 Å². The molecule has 33 heavy (non-hydrogen) atoms. The van der Waals surface area contributed by atoms with Crippen LogP contribution in [0, 0.1) is 6.92 Å². The van der Waals surface area contributed by atoms with Crippen molar-refractivity contribution in [3.05, 3.63) is 65.6 Å². The lowest BCUT2D eigenvalue weighted by molar-refractivity contribution is 0.410. The lowest BCUT2D eigenvalue weighted by Crippen LogP contribution is -2.05. The zero-order chi connectivity index (χ0) is 22.9. The number of aryl methyl sites for hydroxylation is 3. The molecule has 0 atom stereocenters. The van der Waals surface area contributed by atoms with Gasteiger partial charge in [-0.3, -0.25) is 0 Å². The van der Waals surface area contributed by atoms with Crippen LogP contribution in [0.25, 0.3) is 21.8 Å². The number of aromatic nitrogens is 4. The van der Waals surface area contributed by atoms with Crippen molar-refractivity contribution >= 4 is 39.3 Å². The van der Waals surface area contributed by atoms with E-state index in [9.17, 15) is 0 Å². The molecule has 0 saturated heterocycles. The van der Waals surface area contributed by atoms with Gasteiger partial charge in [0.15, 0.2) is 0 Å². The molecule has 0 radical (unpaired) electrons. The van der Waals surface area contributed by atoms with Crippen LogP contribution in [-0.4, -0.2) is 34.2 Å². The number of rotatable bonds is 7. The summed E-state index contributed by atoms with van der Waals surface area (Å²) in [6.45, 7) is 2.05. The molecule has 0 saturated carbocycles. The van der Waals surface area contributed by atoms with E-state index in [0.29, 0.717) is 5.82 Å². The quantitative estimate of drug-likeness (QED) is 0.286. The number of benzene rings is 2. The number of methoxy groups -OCH3 is 2. The molecule has 0 aliphatic heterocycles. The number of nitrogens with one attached hydrogen (secondary N) is 3. The Morgan fingerprint density at radius 1 is 1.00 bits per heavy atom. The molecule has 168 valence electrons. The zero-order valence-electron chi connectivity index (χ0n) is 18.8. The highest BCUT2D eigenvalue weighted by Crippen LogP contribution is 2.35. The second-order valence-electron chi connectivity index (χ2n) is 8.02. The molecule has 0 unspecified atom stereocenters. The summed E-state index contributed by atoms with van der Waals surface area (Å²) >= 11 is 0. The van der Waals surface area contributed by atoms with Crippen molar-refractivity contribution in [2.75, 3.05) is 25.3 Å². The van der Waals surface area contributed by atoms with Gasteiger partial charge in [0.1, 0.15) is 17.3 Å². The van der Waals surface area contributed by atoms with Gasteiger partial charge in [-0.1, -0.05) is 0 Å². The van der Waals surface area contributed by atoms with Crippen molar-refractivity contribution in [2.24, 2.45) is 0 Å². The number of fused-ring (bicyclic) bond motifs is 2. The molecular weight excluding hydrogens is 416 g/mol. The van der Waals surface area contributed by atoms with Gasteiger partial charge in [-0.25, -0.2) is 4.98 Å². The summed E-state index contributed by atoms with van der Waals surface area (Å²) in [5.74, 6) is 2.53. The third-order valence-electron chi connectivity index (χ3n) is 5.85. The first-order valence-electron chi connectivity index (χ1n) is 10.7. The first-order chi connectivity index (χ1) is 16.1. The van der Waals surface area contributed by atoms with Crippen molar-refractivity contribution in [1.82, 2.24) is 19.9 Å². The van der Waals surface area contributed by atoms with Crippen LogP contribution in [0.1, 0.15) is 16.8 Å². The molecule has 0 amide bonds. The Labute approximate surface area is 191 Å². The van der Waals surface area contributed by atoms with E-state index in [1.165, 1.54) is 0 Å². The molecule has 8 nitrogen and oxygen atoms in total. The second kappa shape index (κ2) is 8.38. The highest BCUT2D eigenvalue weighted by atomic mass is 16.5. The van der Waals surface area contributed by atoms with Gasteiger partial charge in [0, 0.05) is 45.6 Å². The van der Waals surface area contributed by atoms with Crippen LogP contribution in [0.5, 0.6) is 11.5 Å². The Hall–Kier alpha value is -4.20. The van der Waals surface area contributed by atoms with Gasteiger partial charge in [-0.15, -0.1) is 0 Å². The number of ether oxygens (including phenoxy) is 2. The minimum atomic E-state index is 0.235. The van der Waals surface area contributed by atoms with Gasteiger partial charge in [0.2, 0.25) is 5.95 Å². The summed E-state index contributed by atoms with van der Waals surface area (Å²) in [6, 6.07) is 12.1. The molecule has 5 rings (SSSR count). The molecule has 5 aromatic rings. The van der Waals surface area contributed by atoms with Gasteiger partial charge in [-0.05, 0) is 61.7 Å². The van der Waals surface area contributed by atoms with E-state index in [0.717, 1.165) is 68.7 Å². The molecule has 8 heteroatoms. The Kier molecular flexibility index (Phi) is 5.26. The highest BCUT2D eigenvalue weighted by molar-refractivity contribution is 5.93. The first-order valence-corrected chi connectivity index (χ1v) is 10.7. The smallest absolute Gasteiger partial charge is 0.221 e. The van der Waals surface area contributed by atoms with Crippen LogP contribution < -0.4 is 20.5 Å². The topological polar surface area (TPSA) is 114 Å². The number of anilines is 3. The summed E-state index contributed by atoms with van der Waals surface area (Å²) in [7, 11) is 3.34. The van der Waals surface area contributed by atoms with E-state index >= 15 is 0 Å². The number of nitrogens with two attached hydrogens (primary N) is 1. The average molecular weight is 443 g/mol. The van der Waals surface area contributed by atoms with Gasteiger partial charge < -0.3 is 30.5 Å². The van der Waals surface area contributed by atoms with E-state index in [1.54, 1.807) is 20.4 Å². The van der Waals surface area contributed by atoms with Crippen molar-refractivity contribution in [2.45, 2.75) is 19.8 Å². The summed E-state index contributed by atoms with van der Waals surface area (Å²) in [6.07, 6.45) is 5.28. The predicted molar refractivity (Wildman–Crippen MR) is 132 cm³/mol. The fourth-order valence-electron chi connectivity index (χ4n) is 4.27. The fourth-order valence-corrected chi connectivity index (χ4v) is 4.27. The minimum Gasteiger partial charge on any atom is -0.496 e. The fraction of sp³-hybridized carbons (Fsp3) is 0.200. The predicted octanol–water partition coefficient (Wildman–Crippen LogP) is 4.88. The normalized spacial score (nSPS) is 11.2. The standard InChI is InChI=1S/C25H26N6O2/c1-14-10-17-11-18(6-7-19(17)29-14)30-24-16(13-28-25(26)31-24)5-4-15-12-27-23-21(33-3)9-8-20(32-2)22(15)23/h6-13,27,29H,4-5H2,1-3H3,(H3,26,28,30,31). The lowest BCUT2D eigenvalue weighted by Gasteiger charge is -2.12. The highest BCUT2D eigenvalue weighted by Gasteiger charge is 2.15. The van der Waals surface area contributed by atoms with Crippen molar-refractivity contribution < 1.29 is 9.47 Å². The third-order valence-corrected chi connectivity index (χ3v) is 5.85. The minimum absolute atomic E-state index is 0.235. The third kappa shape index (κ3) is 3.91. The van der Waals surface area contributed by atoms with Gasteiger partial charge in [0.25, 0.3) is 0 Å². The zero-order valence-corrected chi connectivity index (χ0v) is 18.8. The molecule has 0 aliphatic carbocycles. The Bertz CT molecular complexity index is 1450. The maximum absolute atomic E-state index is 5.91. The van der Waals surface area contributed by atoms with Gasteiger partial charge in [-0.2, -0.15) is 4.98 Å². The number of aromatic amines is 2. The Balaban J connectivity index is 1.44. The summed E-state index contributed by atoms with van der Waals surface area (Å²) in [5.41, 5.74) is 12.1. The molecule has 5 N–H and O–H groups in total. The van der Waals surface area contributed by atoms with Crippen molar-refractivity contribution in [3.63, 3.8) is 0 Å². The second-order valence-corrected chi connectivity index (χ2v) is 8.02. The van der Waals surface area contributed by atoms with E-state index in [1.807, 2.05) is 31.3 Å². The van der Waals surface area contributed by atoms with E-state index in [4.69, 9.17) is 15.2 Å². The summed E-state index contributed by atoms with van der Waals surface area (Å²) in [5, 5.41) is 5.59. The van der Waals surface area contributed by atoms with Gasteiger partial charge >= 0.3 is 0 Å². The van der Waals surface area contributed by atoms with Crippen LogP contribution in [0.3, 0.4) is 0 Å². The SMILES string of the molecule is COc1ccc(OC)c2c(CCc3cnc(N)nc3Nc3ccc4[nH]c(C)cc4c3)c[nH]c12. The number of hydrogen-bond acceptors (Lipinski definition) is 6. The monoisotopic (exact) mass is 442 g/mol. The summed E-state index contributed by atoms with van der Waals surface area (Å²) in [4.78, 5) is 15.4. The largest absolute Gasteiger partial charge is 0.496 e. The number of H-pyrrole nitrogens is 2. The van der Waals surface area contributed by atoms with Crippen LogP contribution >= 0.6 is 0 Å². The molecule has 0 aliphatic rings. The van der Waals surface area contributed by atoms with Crippen LogP contribution in [0.2, 0.25) is 0 Å². The molecule has 0 spiro atoms. The van der Waals surface area contributed by atoms with E-state index in [-0.39, 0.29) is 5.95 Å². The van der Waals surface area contributed by atoms with Crippen LogP contribution in [-0.2, 0) is 12.8 Å². The summed E-state index contributed by atoms with van der Waals surface area (Å²) < 4.78 is 11.1. The van der Waals surface area contributed by atoms with Crippen molar-refractivity contribution in [1.29, 1.82) is 0 Å². The van der Waals surface area contributed by atoms with E-state index < -0.39 is 0 Å².